The summed E-state index contributed by atoms with van der Waals surface area (Å²) in [6.07, 6.45) is 0.0561. The number of methoxy groups -OCH3 is 1. The summed E-state index contributed by atoms with van der Waals surface area (Å²) in [4.78, 5) is 38.7. The van der Waals surface area contributed by atoms with Crippen LogP contribution in [0.1, 0.15) is 17.7 Å². The van der Waals surface area contributed by atoms with Crippen LogP contribution < -0.4 is 10.1 Å². The quantitative estimate of drug-likeness (QED) is 0.652. The van der Waals surface area contributed by atoms with Gasteiger partial charge in [0.2, 0.25) is 0 Å². The van der Waals surface area contributed by atoms with Crippen LogP contribution in [0.5, 0.6) is 5.75 Å². The highest BCUT2D eigenvalue weighted by Crippen LogP contribution is 2.16. The summed E-state index contributed by atoms with van der Waals surface area (Å²) in [5.41, 5.74) is 1.55. The van der Waals surface area contributed by atoms with E-state index >= 15 is 0 Å². The number of aryl methyl sites for hydroxylation is 1. The topological polar surface area (TPSA) is 104 Å². The van der Waals surface area contributed by atoms with E-state index in [0.29, 0.717) is 16.6 Å². The number of carbonyl (C=O) groups is 3. The highest BCUT2D eigenvalue weighted by Gasteiger charge is 2.12. The number of amides is 1. The zero-order chi connectivity index (χ0) is 19.6. The first-order valence-electron chi connectivity index (χ1n) is 8.12. The molecule has 144 valence electrons. The molecule has 2 rings (SSSR count). The van der Waals surface area contributed by atoms with E-state index < -0.39 is 24.5 Å². The number of anilines is 1. The van der Waals surface area contributed by atoms with Gasteiger partial charge in [-0.2, -0.15) is 0 Å². The van der Waals surface area contributed by atoms with E-state index in [2.05, 4.69) is 15.0 Å². The highest BCUT2D eigenvalue weighted by atomic mass is 32.1. The predicted octanol–water partition coefficient (Wildman–Crippen LogP) is 2.12. The van der Waals surface area contributed by atoms with E-state index in [1.165, 1.54) is 18.4 Å². The fourth-order valence-corrected chi connectivity index (χ4v) is 2.72. The van der Waals surface area contributed by atoms with Crippen molar-refractivity contribution < 1.29 is 28.6 Å². The van der Waals surface area contributed by atoms with Crippen LogP contribution in [0.15, 0.2) is 29.6 Å². The van der Waals surface area contributed by atoms with Gasteiger partial charge in [-0.25, -0.2) is 4.98 Å². The Balaban J connectivity index is 1.66. The Morgan fingerprint density at radius 2 is 2.04 bits per heavy atom. The molecule has 27 heavy (non-hydrogen) atoms. The van der Waals surface area contributed by atoms with Gasteiger partial charge in [-0.1, -0.05) is 12.1 Å². The van der Waals surface area contributed by atoms with E-state index in [0.717, 1.165) is 5.56 Å². The summed E-state index contributed by atoms with van der Waals surface area (Å²) in [7, 11) is 1.29. The Kier molecular flexibility index (Phi) is 7.75. The number of nitrogens with one attached hydrogen (secondary N) is 1. The van der Waals surface area contributed by atoms with E-state index in [4.69, 9.17) is 9.47 Å². The van der Waals surface area contributed by atoms with Gasteiger partial charge in [0.15, 0.2) is 11.7 Å². The Bertz CT molecular complexity index is 805. The molecular formula is C18H20N2O6S. The summed E-state index contributed by atoms with van der Waals surface area (Å²) in [5, 5.41) is 4.46. The Labute approximate surface area is 160 Å². The van der Waals surface area contributed by atoms with Gasteiger partial charge in [0.1, 0.15) is 5.75 Å². The molecule has 1 heterocycles. The van der Waals surface area contributed by atoms with Crippen molar-refractivity contribution in [3.63, 3.8) is 0 Å². The number of nitrogens with zero attached hydrogens (tertiary/aromatic N) is 1. The van der Waals surface area contributed by atoms with E-state index in [-0.39, 0.29) is 19.4 Å². The molecule has 0 atom stereocenters. The van der Waals surface area contributed by atoms with E-state index in [1.807, 2.05) is 25.1 Å². The summed E-state index contributed by atoms with van der Waals surface area (Å²) in [5.74, 6) is -0.794. The van der Waals surface area contributed by atoms with Crippen LogP contribution in [0.4, 0.5) is 5.13 Å². The molecule has 0 bridgehead atoms. The Hall–Kier alpha value is -2.94. The number of rotatable bonds is 9. The number of thiazole rings is 1. The first-order valence-corrected chi connectivity index (χ1v) is 9.00. The maximum Gasteiger partial charge on any atom is 0.311 e. The standard InChI is InChI=1S/C18H20N2O6S/c1-12-4-3-5-14(8-12)25-7-6-16(22)26-10-15(21)20-18-19-13(11-27-18)9-17(23)24-2/h3-5,8,11H,6-7,9-10H2,1-2H3,(H,19,20,21). The molecule has 0 spiro atoms. The molecule has 2 aromatic rings. The van der Waals surface area contributed by atoms with Gasteiger partial charge in [-0.15, -0.1) is 11.3 Å². The maximum absolute atomic E-state index is 11.8. The lowest BCUT2D eigenvalue weighted by molar-refractivity contribution is -0.147. The van der Waals surface area contributed by atoms with Crippen molar-refractivity contribution >= 4 is 34.3 Å². The molecule has 1 aromatic carbocycles. The molecule has 1 N–H and O–H groups in total. The third kappa shape index (κ3) is 7.45. The number of ether oxygens (including phenoxy) is 3. The van der Waals surface area contributed by atoms with Gasteiger partial charge in [0.05, 0.1) is 32.3 Å². The summed E-state index contributed by atoms with van der Waals surface area (Å²) in [6.45, 7) is 1.68. The summed E-state index contributed by atoms with van der Waals surface area (Å²) >= 11 is 1.17. The van der Waals surface area contributed by atoms with Crippen molar-refractivity contribution in [1.82, 2.24) is 4.98 Å². The van der Waals surface area contributed by atoms with Crippen molar-refractivity contribution in [2.75, 3.05) is 25.6 Å². The minimum absolute atomic E-state index is 0.0266. The summed E-state index contributed by atoms with van der Waals surface area (Å²) < 4.78 is 14.9. The number of benzene rings is 1. The van der Waals surface area contributed by atoms with Crippen LogP contribution in [0.3, 0.4) is 0 Å². The van der Waals surface area contributed by atoms with Gasteiger partial charge >= 0.3 is 11.9 Å². The van der Waals surface area contributed by atoms with Gasteiger partial charge < -0.3 is 14.2 Å². The minimum atomic E-state index is -0.539. The molecule has 0 saturated heterocycles. The zero-order valence-corrected chi connectivity index (χ0v) is 15.8. The molecule has 0 aliphatic heterocycles. The van der Waals surface area contributed by atoms with Crippen LogP contribution in [-0.2, 0) is 30.3 Å². The van der Waals surface area contributed by atoms with Crippen LogP contribution in [0.2, 0.25) is 0 Å². The number of aromatic nitrogens is 1. The predicted molar refractivity (Wildman–Crippen MR) is 98.7 cm³/mol. The molecular weight excluding hydrogens is 372 g/mol. The third-order valence-electron chi connectivity index (χ3n) is 3.28. The molecule has 1 aromatic heterocycles. The lowest BCUT2D eigenvalue weighted by Crippen LogP contribution is -2.21. The highest BCUT2D eigenvalue weighted by molar-refractivity contribution is 7.13. The minimum Gasteiger partial charge on any atom is -0.493 e. The van der Waals surface area contributed by atoms with Crippen LogP contribution in [0.25, 0.3) is 0 Å². The maximum atomic E-state index is 11.8. The first-order chi connectivity index (χ1) is 13.0. The van der Waals surface area contributed by atoms with Crippen LogP contribution >= 0.6 is 11.3 Å². The average Bonchev–Trinajstić information content (AvgIpc) is 3.06. The van der Waals surface area contributed by atoms with Crippen molar-refractivity contribution in [3.8, 4) is 5.75 Å². The molecule has 9 heteroatoms. The Morgan fingerprint density at radius 3 is 2.78 bits per heavy atom. The largest absolute Gasteiger partial charge is 0.493 e. The number of hydrogen-bond acceptors (Lipinski definition) is 8. The second-order valence-electron chi connectivity index (χ2n) is 5.52. The summed E-state index contributed by atoms with van der Waals surface area (Å²) in [6, 6.07) is 7.47. The Morgan fingerprint density at radius 1 is 1.22 bits per heavy atom. The third-order valence-corrected chi connectivity index (χ3v) is 4.09. The van der Waals surface area contributed by atoms with Crippen molar-refractivity contribution in [1.29, 1.82) is 0 Å². The molecule has 0 aliphatic rings. The molecule has 0 unspecified atom stereocenters. The second kappa shape index (κ2) is 10.3. The number of esters is 2. The molecule has 1 amide bonds. The zero-order valence-electron chi connectivity index (χ0n) is 15.0. The van der Waals surface area contributed by atoms with Crippen molar-refractivity contribution in [2.45, 2.75) is 19.8 Å². The van der Waals surface area contributed by atoms with Gasteiger partial charge in [0.25, 0.3) is 5.91 Å². The van der Waals surface area contributed by atoms with E-state index in [9.17, 15) is 14.4 Å². The van der Waals surface area contributed by atoms with Crippen molar-refractivity contribution in [2.24, 2.45) is 0 Å². The van der Waals surface area contributed by atoms with Gasteiger partial charge in [-0.05, 0) is 24.6 Å². The molecule has 8 nitrogen and oxygen atoms in total. The average molecular weight is 392 g/mol. The SMILES string of the molecule is COC(=O)Cc1csc(NC(=O)COC(=O)CCOc2cccc(C)c2)n1. The van der Waals surface area contributed by atoms with Crippen molar-refractivity contribution in [3.05, 3.63) is 40.9 Å². The smallest absolute Gasteiger partial charge is 0.311 e. The number of carbonyl (C=O) groups excluding carboxylic acids is 3. The first kappa shape index (κ1) is 20.4. The van der Waals surface area contributed by atoms with Crippen LogP contribution in [0, 0.1) is 6.92 Å². The monoisotopic (exact) mass is 392 g/mol. The van der Waals surface area contributed by atoms with Gasteiger partial charge in [0, 0.05) is 5.38 Å². The number of hydrogen-bond donors (Lipinski definition) is 1. The fraction of sp³-hybridized carbons (Fsp3) is 0.333. The molecule has 0 aliphatic carbocycles. The van der Waals surface area contributed by atoms with Crippen LogP contribution in [-0.4, -0.2) is 43.2 Å². The van der Waals surface area contributed by atoms with Gasteiger partial charge in [-0.3, -0.25) is 19.7 Å². The lowest BCUT2D eigenvalue weighted by Gasteiger charge is -2.07. The molecule has 0 radical (unpaired) electrons. The fourth-order valence-electron chi connectivity index (χ4n) is 2.00. The van der Waals surface area contributed by atoms with E-state index in [1.54, 1.807) is 11.4 Å². The lowest BCUT2D eigenvalue weighted by atomic mass is 10.2. The normalized spacial score (nSPS) is 10.1. The molecule has 0 saturated carbocycles. The second-order valence-corrected chi connectivity index (χ2v) is 6.38. The molecule has 0 fully saturated rings.